The van der Waals surface area contributed by atoms with Crippen LogP contribution in [0.5, 0.6) is 0 Å². The Morgan fingerprint density at radius 2 is 2.08 bits per heavy atom. The minimum Gasteiger partial charge on any atom is -0.355 e. The fraction of sp³-hybridized carbons (Fsp3) is 0.300. The molecule has 1 rings (SSSR count). The van der Waals surface area contributed by atoms with E-state index in [9.17, 15) is 4.79 Å². The number of carbonyl (C=O) groups excluding carboxylic acids is 1. The maximum absolute atomic E-state index is 10.6. The highest BCUT2D eigenvalue weighted by atomic mass is 79.9. The number of halogens is 1. The van der Waals surface area contributed by atoms with Gasteiger partial charge in [0.1, 0.15) is 0 Å². The molecule has 0 aliphatic rings. The van der Waals surface area contributed by atoms with Gasteiger partial charge in [-0.3, -0.25) is 4.79 Å². The molecule has 0 heterocycles. The minimum atomic E-state index is 0.000353. The molecule has 0 saturated carbocycles. The number of hydrogen-bond donors (Lipinski definition) is 1. The Bertz CT molecular complexity index is 274. The van der Waals surface area contributed by atoms with Crippen LogP contribution in [0, 0.1) is 0 Å². The first kappa shape index (κ1) is 10.3. The first-order valence-electron chi connectivity index (χ1n) is 4.13. The molecule has 0 spiro atoms. The van der Waals surface area contributed by atoms with Crippen molar-refractivity contribution in [3.8, 4) is 0 Å². The van der Waals surface area contributed by atoms with Gasteiger partial charge < -0.3 is 5.32 Å². The van der Waals surface area contributed by atoms with E-state index in [0.717, 1.165) is 0 Å². The van der Waals surface area contributed by atoms with Crippen molar-refractivity contribution in [3.63, 3.8) is 0 Å². The third-order valence-corrected chi connectivity index (χ3v) is 2.54. The van der Waals surface area contributed by atoms with E-state index in [2.05, 4.69) is 21.2 Å². The highest BCUT2D eigenvalue weighted by Crippen LogP contribution is 2.20. The summed E-state index contributed by atoms with van der Waals surface area (Å²) in [6, 6.07) is 10.00. The van der Waals surface area contributed by atoms with Gasteiger partial charge in [0.25, 0.3) is 0 Å². The molecule has 0 aromatic heterocycles. The zero-order valence-corrected chi connectivity index (χ0v) is 9.04. The maximum Gasteiger partial charge on any atom is 0.216 e. The number of alkyl halides is 1. The maximum atomic E-state index is 10.6. The fourth-order valence-electron chi connectivity index (χ4n) is 1.01. The summed E-state index contributed by atoms with van der Waals surface area (Å²) in [5, 5.41) is 2.76. The Morgan fingerprint density at radius 3 is 2.62 bits per heavy atom. The molecule has 0 saturated heterocycles. The molecule has 70 valence electrons. The molecule has 1 aromatic rings. The minimum absolute atomic E-state index is 0.000353. The van der Waals surface area contributed by atoms with E-state index >= 15 is 0 Å². The molecular weight excluding hydrogens is 230 g/mol. The lowest BCUT2D eigenvalue weighted by Crippen LogP contribution is -2.23. The largest absolute Gasteiger partial charge is 0.355 e. The van der Waals surface area contributed by atoms with E-state index in [1.807, 2.05) is 30.3 Å². The third kappa shape index (κ3) is 3.59. The molecule has 1 unspecified atom stereocenters. The van der Waals surface area contributed by atoms with Gasteiger partial charge in [0, 0.05) is 13.5 Å². The summed E-state index contributed by atoms with van der Waals surface area (Å²) < 4.78 is 0. The average molecular weight is 242 g/mol. The van der Waals surface area contributed by atoms with E-state index in [1.165, 1.54) is 12.5 Å². The molecule has 1 atom stereocenters. The normalized spacial score (nSPS) is 12.2. The van der Waals surface area contributed by atoms with Gasteiger partial charge in [-0.1, -0.05) is 46.3 Å². The molecule has 0 bridgehead atoms. The standard InChI is InChI=1S/C10H12BrNO/c1-8(13)12-7-10(11)9-5-3-2-4-6-9/h2-6,10H,7H2,1H3,(H,12,13). The second kappa shape index (κ2) is 5.02. The van der Waals surface area contributed by atoms with Gasteiger partial charge in [0.15, 0.2) is 0 Å². The quantitative estimate of drug-likeness (QED) is 0.809. The molecule has 3 heteroatoms. The average Bonchev–Trinajstić information content (AvgIpc) is 2.15. The summed E-state index contributed by atoms with van der Waals surface area (Å²) in [4.78, 5) is 10.8. The SMILES string of the molecule is CC(=O)NCC(Br)c1ccccc1. The zero-order valence-electron chi connectivity index (χ0n) is 7.46. The van der Waals surface area contributed by atoms with Crippen molar-refractivity contribution < 1.29 is 4.79 Å². The Hall–Kier alpha value is -0.830. The number of nitrogens with one attached hydrogen (secondary N) is 1. The monoisotopic (exact) mass is 241 g/mol. The first-order chi connectivity index (χ1) is 6.20. The topological polar surface area (TPSA) is 29.1 Å². The summed E-state index contributed by atoms with van der Waals surface area (Å²) >= 11 is 3.50. The summed E-state index contributed by atoms with van der Waals surface area (Å²) in [6.45, 7) is 2.14. The molecule has 13 heavy (non-hydrogen) atoms. The van der Waals surface area contributed by atoms with Crippen molar-refractivity contribution in [2.75, 3.05) is 6.54 Å². The first-order valence-corrected chi connectivity index (χ1v) is 5.05. The second-order valence-corrected chi connectivity index (χ2v) is 3.92. The number of hydrogen-bond acceptors (Lipinski definition) is 1. The third-order valence-electron chi connectivity index (χ3n) is 1.69. The molecule has 0 aliphatic carbocycles. The van der Waals surface area contributed by atoms with Gasteiger partial charge >= 0.3 is 0 Å². The number of amides is 1. The van der Waals surface area contributed by atoms with Crippen LogP contribution >= 0.6 is 15.9 Å². The van der Waals surface area contributed by atoms with Crippen LogP contribution in [0.25, 0.3) is 0 Å². The fourth-order valence-corrected chi connectivity index (χ4v) is 1.48. The second-order valence-electron chi connectivity index (χ2n) is 2.82. The van der Waals surface area contributed by atoms with E-state index in [-0.39, 0.29) is 10.7 Å². The number of rotatable bonds is 3. The highest BCUT2D eigenvalue weighted by molar-refractivity contribution is 9.09. The predicted molar refractivity (Wildman–Crippen MR) is 56.8 cm³/mol. The summed E-state index contributed by atoms with van der Waals surface area (Å²) in [7, 11) is 0. The van der Waals surface area contributed by atoms with E-state index in [4.69, 9.17) is 0 Å². The van der Waals surface area contributed by atoms with E-state index in [0.29, 0.717) is 6.54 Å². The highest BCUT2D eigenvalue weighted by Gasteiger charge is 2.06. The van der Waals surface area contributed by atoms with Crippen molar-refractivity contribution in [1.82, 2.24) is 5.32 Å². The Labute approximate surface area is 86.5 Å². The number of carbonyl (C=O) groups is 1. The lowest BCUT2D eigenvalue weighted by molar-refractivity contribution is -0.118. The van der Waals surface area contributed by atoms with Gasteiger partial charge in [0.2, 0.25) is 5.91 Å². The molecule has 0 fully saturated rings. The van der Waals surface area contributed by atoms with Crippen molar-refractivity contribution in [2.45, 2.75) is 11.8 Å². The summed E-state index contributed by atoms with van der Waals surface area (Å²) in [5.74, 6) is 0.000353. The molecule has 0 aliphatic heterocycles. The van der Waals surface area contributed by atoms with Crippen LogP contribution in [0.15, 0.2) is 30.3 Å². The van der Waals surface area contributed by atoms with Crippen molar-refractivity contribution >= 4 is 21.8 Å². The van der Waals surface area contributed by atoms with Crippen molar-refractivity contribution in [1.29, 1.82) is 0 Å². The van der Waals surface area contributed by atoms with Gasteiger partial charge in [0.05, 0.1) is 4.83 Å². The Kier molecular flexibility index (Phi) is 3.96. The van der Waals surface area contributed by atoms with E-state index < -0.39 is 0 Å². The summed E-state index contributed by atoms with van der Waals surface area (Å²) in [5.41, 5.74) is 1.18. The van der Waals surface area contributed by atoms with Crippen molar-refractivity contribution in [2.24, 2.45) is 0 Å². The Morgan fingerprint density at radius 1 is 1.46 bits per heavy atom. The van der Waals surface area contributed by atoms with Gasteiger partial charge in [-0.25, -0.2) is 0 Å². The zero-order chi connectivity index (χ0) is 9.68. The van der Waals surface area contributed by atoms with Crippen LogP contribution in [0.2, 0.25) is 0 Å². The van der Waals surface area contributed by atoms with Crippen LogP contribution in [0.3, 0.4) is 0 Å². The predicted octanol–water partition coefficient (Wildman–Crippen LogP) is 2.26. The van der Waals surface area contributed by atoms with Crippen LogP contribution in [-0.2, 0) is 4.79 Å². The molecule has 1 amide bonds. The summed E-state index contributed by atoms with van der Waals surface area (Å²) in [6.07, 6.45) is 0. The lowest BCUT2D eigenvalue weighted by atomic mass is 10.1. The van der Waals surface area contributed by atoms with Crippen LogP contribution < -0.4 is 5.32 Å². The molecule has 2 nitrogen and oxygen atoms in total. The van der Waals surface area contributed by atoms with E-state index in [1.54, 1.807) is 0 Å². The molecular formula is C10H12BrNO. The van der Waals surface area contributed by atoms with Crippen LogP contribution in [0.1, 0.15) is 17.3 Å². The molecule has 1 N–H and O–H groups in total. The lowest BCUT2D eigenvalue weighted by Gasteiger charge is -2.09. The van der Waals surface area contributed by atoms with Gasteiger partial charge in [-0.05, 0) is 5.56 Å². The van der Waals surface area contributed by atoms with Crippen LogP contribution in [0.4, 0.5) is 0 Å². The van der Waals surface area contributed by atoms with Crippen LogP contribution in [-0.4, -0.2) is 12.5 Å². The van der Waals surface area contributed by atoms with Gasteiger partial charge in [-0.15, -0.1) is 0 Å². The Balaban J connectivity index is 2.49. The van der Waals surface area contributed by atoms with Gasteiger partial charge in [-0.2, -0.15) is 0 Å². The smallest absolute Gasteiger partial charge is 0.216 e. The molecule has 1 aromatic carbocycles. The molecule has 0 radical (unpaired) electrons. The number of benzene rings is 1. The van der Waals surface area contributed by atoms with Crippen molar-refractivity contribution in [3.05, 3.63) is 35.9 Å².